The summed E-state index contributed by atoms with van der Waals surface area (Å²) in [6.07, 6.45) is 0.961. The zero-order valence-corrected chi connectivity index (χ0v) is 20.4. The number of nitrogens with zero attached hydrogens (tertiary/aromatic N) is 3. The molecule has 0 saturated heterocycles. The molecule has 1 aromatic heterocycles. The summed E-state index contributed by atoms with van der Waals surface area (Å²) in [6, 6.07) is 16.7. The van der Waals surface area contributed by atoms with Crippen molar-refractivity contribution in [3.8, 4) is 0 Å². The Kier molecular flexibility index (Phi) is 8.65. The van der Waals surface area contributed by atoms with Gasteiger partial charge in [-0.15, -0.1) is 10.2 Å². The summed E-state index contributed by atoms with van der Waals surface area (Å²) in [5, 5.41) is 15.4. The van der Waals surface area contributed by atoms with E-state index in [4.69, 9.17) is 0 Å². The summed E-state index contributed by atoms with van der Waals surface area (Å²) in [5.41, 5.74) is 2.60. The number of benzene rings is 2. The Morgan fingerprint density at radius 3 is 2.30 bits per heavy atom. The largest absolute Gasteiger partial charge is 0.342 e. The van der Waals surface area contributed by atoms with Crippen LogP contribution in [0, 0.1) is 5.92 Å². The van der Waals surface area contributed by atoms with Gasteiger partial charge in [0.25, 0.3) is 5.91 Å². The molecule has 0 fully saturated rings. The highest BCUT2D eigenvalue weighted by Crippen LogP contribution is 2.25. The minimum Gasteiger partial charge on any atom is -0.342 e. The van der Waals surface area contributed by atoms with Gasteiger partial charge in [0.2, 0.25) is 5.91 Å². The molecule has 0 aliphatic rings. The number of thioether (sulfide) groups is 1. The lowest BCUT2D eigenvalue weighted by atomic mass is 10.0. The van der Waals surface area contributed by atoms with Gasteiger partial charge < -0.3 is 15.2 Å². The van der Waals surface area contributed by atoms with Crippen LogP contribution in [0.3, 0.4) is 0 Å². The van der Waals surface area contributed by atoms with E-state index in [0.29, 0.717) is 23.1 Å². The van der Waals surface area contributed by atoms with Crippen LogP contribution in [0.4, 0.5) is 5.69 Å². The Labute approximate surface area is 199 Å². The average Bonchev–Trinajstić information content (AvgIpc) is 3.24. The molecule has 0 bridgehead atoms. The minimum absolute atomic E-state index is 0.103. The van der Waals surface area contributed by atoms with Crippen molar-refractivity contribution >= 4 is 29.3 Å². The number of anilines is 1. The summed E-state index contributed by atoms with van der Waals surface area (Å²) in [7, 11) is 0. The molecule has 1 heterocycles. The van der Waals surface area contributed by atoms with E-state index in [2.05, 4.69) is 27.8 Å². The van der Waals surface area contributed by atoms with Crippen molar-refractivity contribution in [1.82, 2.24) is 20.1 Å². The van der Waals surface area contributed by atoms with Crippen molar-refractivity contribution in [2.75, 3.05) is 11.1 Å². The van der Waals surface area contributed by atoms with Gasteiger partial charge in [-0.25, -0.2) is 0 Å². The summed E-state index contributed by atoms with van der Waals surface area (Å²) in [6.45, 7) is 8.81. The van der Waals surface area contributed by atoms with Gasteiger partial charge in [-0.1, -0.05) is 62.9 Å². The first kappa shape index (κ1) is 24.5. The van der Waals surface area contributed by atoms with Crippen LogP contribution in [0.2, 0.25) is 0 Å². The Balaban J connectivity index is 1.68. The monoisotopic (exact) mass is 465 g/mol. The number of rotatable bonds is 10. The second-order valence-electron chi connectivity index (χ2n) is 8.03. The molecule has 3 aromatic rings. The zero-order chi connectivity index (χ0) is 23.8. The quantitative estimate of drug-likeness (QED) is 0.423. The van der Waals surface area contributed by atoms with E-state index < -0.39 is 0 Å². The van der Waals surface area contributed by atoms with Crippen LogP contribution in [0.5, 0.6) is 0 Å². The van der Waals surface area contributed by atoms with Crippen LogP contribution in [-0.4, -0.2) is 32.3 Å². The normalized spacial score (nSPS) is 11.9. The first-order valence-corrected chi connectivity index (χ1v) is 12.2. The molecule has 0 spiro atoms. The number of aromatic nitrogens is 3. The highest BCUT2D eigenvalue weighted by atomic mass is 32.2. The molecule has 33 heavy (non-hydrogen) atoms. The molecule has 0 aliphatic carbocycles. The van der Waals surface area contributed by atoms with Crippen molar-refractivity contribution in [3.05, 3.63) is 71.5 Å². The lowest BCUT2D eigenvalue weighted by Crippen LogP contribution is -2.33. The molecule has 2 amide bonds. The lowest BCUT2D eigenvalue weighted by molar-refractivity contribution is -0.113. The van der Waals surface area contributed by atoms with E-state index in [1.165, 1.54) is 17.3 Å². The standard InChI is InChI=1S/C25H31N5O2S/c1-5-18-12-14-20(15-13-18)26-21(31)16-33-25-29-28-23(30(25)6-2)22(17(3)4)27-24(32)19-10-8-7-9-11-19/h7-15,17,22H,5-6,16H2,1-4H3,(H,26,31)(H,27,32)/t22-/m0/s1. The van der Waals surface area contributed by atoms with Crippen LogP contribution in [0.1, 0.15) is 55.5 Å². The van der Waals surface area contributed by atoms with Gasteiger partial charge in [0.05, 0.1) is 11.8 Å². The summed E-state index contributed by atoms with van der Waals surface area (Å²) in [4.78, 5) is 25.2. The van der Waals surface area contributed by atoms with E-state index in [1.807, 2.05) is 67.8 Å². The van der Waals surface area contributed by atoms with Crippen molar-refractivity contribution in [1.29, 1.82) is 0 Å². The molecule has 2 N–H and O–H groups in total. The predicted molar refractivity (Wildman–Crippen MR) is 132 cm³/mol. The zero-order valence-electron chi connectivity index (χ0n) is 19.5. The third-order valence-corrected chi connectivity index (χ3v) is 6.27. The van der Waals surface area contributed by atoms with Gasteiger partial charge in [-0.05, 0) is 49.1 Å². The number of carbonyl (C=O) groups excluding carboxylic acids is 2. The SMILES string of the molecule is CCc1ccc(NC(=O)CSc2nnc([C@@H](NC(=O)c3ccccc3)C(C)C)n2CC)cc1. The molecular weight excluding hydrogens is 434 g/mol. The van der Waals surface area contributed by atoms with E-state index in [0.717, 1.165) is 12.1 Å². The van der Waals surface area contributed by atoms with Gasteiger partial charge in [-0.2, -0.15) is 0 Å². The van der Waals surface area contributed by atoms with Crippen LogP contribution in [0.15, 0.2) is 59.8 Å². The highest BCUT2D eigenvalue weighted by Gasteiger charge is 2.26. The molecule has 174 valence electrons. The first-order valence-electron chi connectivity index (χ1n) is 11.2. The average molecular weight is 466 g/mol. The first-order chi connectivity index (χ1) is 15.9. The molecule has 2 aromatic carbocycles. The fourth-order valence-corrected chi connectivity index (χ4v) is 4.24. The van der Waals surface area contributed by atoms with E-state index in [-0.39, 0.29) is 29.5 Å². The summed E-state index contributed by atoms with van der Waals surface area (Å²) >= 11 is 1.34. The van der Waals surface area contributed by atoms with Gasteiger partial charge in [0.15, 0.2) is 11.0 Å². The Bertz CT molecular complexity index is 1060. The maximum Gasteiger partial charge on any atom is 0.251 e. The number of aryl methyl sites for hydroxylation is 1. The van der Waals surface area contributed by atoms with Crippen molar-refractivity contribution in [3.63, 3.8) is 0 Å². The van der Waals surface area contributed by atoms with Crippen molar-refractivity contribution in [2.24, 2.45) is 5.92 Å². The van der Waals surface area contributed by atoms with Crippen LogP contribution >= 0.6 is 11.8 Å². The highest BCUT2D eigenvalue weighted by molar-refractivity contribution is 7.99. The smallest absolute Gasteiger partial charge is 0.251 e. The number of nitrogens with one attached hydrogen (secondary N) is 2. The van der Waals surface area contributed by atoms with E-state index in [1.54, 1.807) is 12.1 Å². The maximum atomic E-state index is 12.7. The molecular formula is C25H31N5O2S. The minimum atomic E-state index is -0.301. The third-order valence-electron chi connectivity index (χ3n) is 5.31. The number of hydrogen-bond acceptors (Lipinski definition) is 5. The van der Waals surface area contributed by atoms with E-state index in [9.17, 15) is 9.59 Å². The summed E-state index contributed by atoms with van der Waals surface area (Å²) in [5.74, 6) is 0.766. The fourth-order valence-electron chi connectivity index (χ4n) is 3.43. The molecule has 0 radical (unpaired) electrons. The van der Waals surface area contributed by atoms with Gasteiger partial charge >= 0.3 is 0 Å². The molecule has 1 atom stereocenters. The van der Waals surface area contributed by atoms with Gasteiger partial charge in [0.1, 0.15) is 0 Å². The van der Waals surface area contributed by atoms with E-state index >= 15 is 0 Å². The third kappa shape index (κ3) is 6.44. The van der Waals surface area contributed by atoms with Crippen LogP contribution in [-0.2, 0) is 17.8 Å². The second kappa shape index (κ2) is 11.7. The Hall–Kier alpha value is -3.13. The number of hydrogen-bond donors (Lipinski definition) is 2. The lowest BCUT2D eigenvalue weighted by Gasteiger charge is -2.22. The van der Waals surface area contributed by atoms with Gasteiger partial charge in [-0.3, -0.25) is 9.59 Å². The molecule has 0 unspecified atom stereocenters. The summed E-state index contributed by atoms with van der Waals surface area (Å²) < 4.78 is 1.96. The molecule has 0 aliphatic heterocycles. The van der Waals surface area contributed by atoms with Crippen LogP contribution < -0.4 is 10.6 Å². The van der Waals surface area contributed by atoms with Crippen molar-refractivity contribution < 1.29 is 9.59 Å². The van der Waals surface area contributed by atoms with Gasteiger partial charge in [0, 0.05) is 17.8 Å². The number of amides is 2. The van der Waals surface area contributed by atoms with Crippen molar-refractivity contribution in [2.45, 2.75) is 51.9 Å². The predicted octanol–water partition coefficient (Wildman–Crippen LogP) is 4.72. The second-order valence-corrected chi connectivity index (χ2v) is 8.98. The Morgan fingerprint density at radius 1 is 1.00 bits per heavy atom. The fraction of sp³-hybridized carbons (Fsp3) is 0.360. The molecule has 8 heteroatoms. The molecule has 0 saturated carbocycles. The maximum absolute atomic E-state index is 12.7. The molecule has 7 nitrogen and oxygen atoms in total. The topological polar surface area (TPSA) is 88.9 Å². The number of carbonyl (C=O) groups is 2. The Morgan fingerprint density at radius 2 is 1.70 bits per heavy atom. The molecule has 3 rings (SSSR count). The van der Waals surface area contributed by atoms with Crippen LogP contribution in [0.25, 0.3) is 0 Å².